The molecule has 0 saturated carbocycles. The highest BCUT2D eigenvalue weighted by Gasteiger charge is 2.17. The molecule has 0 aromatic heterocycles. The van der Waals surface area contributed by atoms with Gasteiger partial charge in [0.05, 0.1) is 30.9 Å². The molecule has 0 bridgehead atoms. The van der Waals surface area contributed by atoms with Gasteiger partial charge in [-0.25, -0.2) is 0 Å². The standard InChI is InChI=1S/C18H18N4O7/c1-10(23)17(18(25)19-13-7-5-12(24)9-16(13)29-3)21-20-14-6-4-11(22(26)27)8-15(14)28-2/h4-9,23-24H,1-3H3,(H,19,25). The molecule has 0 aliphatic heterocycles. The van der Waals surface area contributed by atoms with Crippen molar-refractivity contribution < 1.29 is 29.4 Å². The quantitative estimate of drug-likeness (QED) is 0.159. The minimum atomic E-state index is -0.793. The maximum atomic E-state index is 12.5. The smallest absolute Gasteiger partial charge is 0.279 e. The van der Waals surface area contributed by atoms with Gasteiger partial charge in [0.2, 0.25) is 0 Å². The number of phenolic OH excluding ortho intramolecular Hbond substituents is 1. The Balaban J connectivity index is 2.30. The van der Waals surface area contributed by atoms with Crippen LogP contribution in [0.4, 0.5) is 17.1 Å². The van der Waals surface area contributed by atoms with Crippen LogP contribution in [0.5, 0.6) is 17.2 Å². The second-order valence-corrected chi connectivity index (χ2v) is 5.59. The lowest BCUT2D eigenvalue weighted by molar-refractivity contribution is -0.384. The summed E-state index contributed by atoms with van der Waals surface area (Å²) in [7, 11) is 2.66. The second kappa shape index (κ2) is 9.17. The van der Waals surface area contributed by atoms with E-state index in [1.165, 1.54) is 51.5 Å². The highest BCUT2D eigenvalue weighted by Crippen LogP contribution is 2.32. The fraction of sp³-hybridized carbons (Fsp3) is 0.167. The van der Waals surface area contributed by atoms with Gasteiger partial charge in [0.25, 0.3) is 11.6 Å². The molecule has 0 fully saturated rings. The number of anilines is 1. The van der Waals surface area contributed by atoms with E-state index in [1.54, 1.807) is 0 Å². The van der Waals surface area contributed by atoms with E-state index in [-0.39, 0.29) is 34.3 Å². The number of amides is 1. The summed E-state index contributed by atoms with van der Waals surface area (Å²) in [6, 6.07) is 7.71. The van der Waals surface area contributed by atoms with Crippen LogP contribution in [0.2, 0.25) is 0 Å². The predicted octanol–water partition coefficient (Wildman–Crippen LogP) is 3.83. The molecule has 2 aromatic rings. The lowest BCUT2D eigenvalue weighted by atomic mass is 10.2. The first-order valence-corrected chi connectivity index (χ1v) is 8.09. The zero-order valence-electron chi connectivity index (χ0n) is 15.7. The molecule has 0 unspecified atom stereocenters. The van der Waals surface area contributed by atoms with E-state index >= 15 is 0 Å². The number of phenols is 1. The number of rotatable bonds is 7. The van der Waals surface area contributed by atoms with Gasteiger partial charge in [0, 0.05) is 12.1 Å². The summed E-state index contributed by atoms with van der Waals surface area (Å²) in [4.78, 5) is 22.8. The third-order valence-corrected chi connectivity index (χ3v) is 3.62. The lowest BCUT2D eigenvalue weighted by Gasteiger charge is -2.10. The molecule has 0 heterocycles. The average molecular weight is 402 g/mol. The van der Waals surface area contributed by atoms with Gasteiger partial charge in [-0.15, -0.1) is 10.2 Å². The van der Waals surface area contributed by atoms with Crippen molar-refractivity contribution in [1.29, 1.82) is 0 Å². The van der Waals surface area contributed by atoms with Crippen molar-refractivity contribution >= 4 is 23.0 Å². The van der Waals surface area contributed by atoms with Crippen LogP contribution in [0.25, 0.3) is 0 Å². The molecule has 1 amide bonds. The van der Waals surface area contributed by atoms with E-state index < -0.39 is 22.3 Å². The topological polar surface area (TPSA) is 156 Å². The Hall–Kier alpha value is -4.15. The largest absolute Gasteiger partial charge is 0.510 e. The molecular formula is C18H18N4O7. The molecule has 0 spiro atoms. The van der Waals surface area contributed by atoms with Crippen LogP contribution in [-0.2, 0) is 4.79 Å². The van der Waals surface area contributed by atoms with Crippen LogP contribution in [0.1, 0.15) is 6.92 Å². The fourth-order valence-electron chi connectivity index (χ4n) is 2.21. The number of benzene rings is 2. The second-order valence-electron chi connectivity index (χ2n) is 5.59. The number of hydrogen-bond acceptors (Lipinski definition) is 9. The number of non-ortho nitro benzene ring substituents is 1. The lowest BCUT2D eigenvalue weighted by Crippen LogP contribution is -2.15. The van der Waals surface area contributed by atoms with Gasteiger partial charge in [-0.2, -0.15) is 0 Å². The minimum Gasteiger partial charge on any atom is -0.510 e. The summed E-state index contributed by atoms with van der Waals surface area (Å²) in [5.41, 5.74) is -0.253. The summed E-state index contributed by atoms with van der Waals surface area (Å²) in [6.07, 6.45) is 0. The molecule has 0 aliphatic carbocycles. The first-order valence-electron chi connectivity index (χ1n) is 8.09. The average Bonchev–Trinajstić information content (AvgIpc) is 2.69. The third kappa shape index (κ3) is 5.19. The predicted molar refractivity (Wildman–Crippen MR) is 103 cm³/mol. The van der Waals surface area contributed by atoms with Gasteiger partial charge in [0.1, 0.15) is 22.9 Å². The summed E-state index contributed by atoms with van der Waals surface area (Å²) in [6.45, 7) is 1.25. The van der Waals surface area contributed by atoms with E-state index in [0.29, 0.717) is 0 Å². The molecule has 2 rings (SSSR count). The van der Waals surface area contributed by atoms with Crippen molar-refractivity contribution in [3.63, 3.8) is 0 Å². The monoisotopic (exact) mass is 402 g/mol. The zero-order chi connectivity index (χ0) is 21.6. The third-order valence-electron chi connectivity index (χ3n) is 3.62. The van der Waals surface area contributed by atoms with E-state index in [1.807, 2.05) is 0 Å². The van der Waals surface area contributed by atoms with Gasteiger partial charge in [-0.05, 0) is 25.1 Å². The molecule has 0 aliphatic rings. The van der Waals surface area contributed by atoms with Crippen LogP contribution >= 0.6 is 0 Å². The molecule has 11 nitrogen and oxygen atoms in total. The van der Waals surface area contributed by atoms with Crippen molar-refractivity contribution in [2.45, 2.75) is 6.92 Å². The minimum absolute atomic E-state index is 0.0566. The van der Waals surface area contributed by atoms with Crippen molar-refractivity contribution in [2.24, 2.45) is 10.2 Å². The molecule has 0 radical (unpaired) electrons. The Labute approximate surface area is 165 Å². The highest BCUT2D eigenvalue weighted by atomic mass is 16.6. The van der Waals surface area contributed by atoms with E-state index in [9.17, 15) is 25.1 Å². The number of nitrogens with one attached hydrogen (secondary N) is 1. The Morgan fingerprint density at radius 1 is 1.14 bits per heavy atom. The maximum absolute atomic E-state index is 12.5. The number of azo groups is 1. The van der Waals surface area contributed by atoms with Crippen molar-refractivity contribution in [2.75, 3.05) is 19.5 Å². The first-order chi connectivity index (χ1) is 13.8. The number of allylic oxidation sites excluding steroid dienone is 1. The van der Waals surface area contributed by atoms with Gasteiger partial charge in [-0.1, -0.05) is 0 Å². The maximum Gasteiger partial charge on any atom is 0.279 e. The number of hydrogen-bond donors (Lipinski definition) is 3. The number of carbonyl (C=O) groups excluding carboxylic acids is 1. The van der Waals surface area contributed by atoms with E-state index in [2.05, 4.69) is 15.5 Å². The van der Waals surface area contributed by atoms with E-state index in [0.717, 1.165) is 6.07 Å². The summed E-state index contributed by atoms with van der Waals surface area (Å²) in [5, 5.41) is 40.2. The van der Waals surface area contributed by atoms with Crippen LogP contribution in [0.3, 0.4) is 0 Å². The highest BCUT2D eigenvalue weighted by molar-refractivity contribution is 6.04. The zero-order valence-corrected chi connectivity index (χ0v) is 15.7. The van der Waals surface area contributed by atoms with Crippen LogP contribution in [0.15, 0.2) is 58.1 Å². The molecule has 2 aromatic carbocycles. The number of aromatic hydroxyl groups is 1. The van der Waals surface area contributed by atoms with Gasteiger partial charge < -0.3 is 25.0 Å². The number of aliphatic hydroxyl groups is 1. The number of nitrogens with zero attached hydrogens (tertiary/aromatic N) is 3. The molecule has 0 atom stereocenters. The number of methoxy groups -OCH3 is 2. The number of ether oxygens (including phenoxy) is 2. The SMILES string of the molecule is COc1cc([N+](=O)[O-])ccc1N=NC(C(=O)Nc1ccc(O)cc1OC)=C(C)O. The molecule has 0 saturated heterocycles. The summed E-state index contributed by atoms with van der Waals surface area (Å²) < 4.78 is 10.1. The summed E-state index contributed by atoms with van der Waals surface area (Å²) >= 11 is 0. The number of nitro groups is 1. The van der Waals surface area contributed by atoms with Gasteiger partial charge >= 0.3 is 0 Å². The number of carbonyl (C=O) groups is 1. The molecule has 29 heavy (non-hydrogen) atoms. The first kappa shape index (κ1) is 21.2. The van der Waals surface area contributed by atoms with Gasteiger partial charge in [-0.3, -0.25) is 14.9 Å². The van der Waals surface area contributed by atoms with Crippen molar-refractivity contribution in [3.05, 3.63) is 58.0 Å². The Kier molecular flexibility index (Phi) is 6.69. The number of nitro benzene ring substituents is 1. The molecular weight excluding hydrogens is 384 g/mol. The normalized spacial score (nSPS) is 11.7. The molecule has 11 heteroatoms. The van der Waals surface area contributed by atoms with Crippen LogP contribution in [-0.4, -0.2) is 35.3 Å². The van der Waals surface area contributed by atoms with Crippen LogP contribution in [0, 0.1) is 10.1 Å². The summed E-state index contributed by atoms with van der Waals surface area (Å²) in [5.74, 6) is -0.997. The van der Waals surface area contributed by atoms with Gasteiger partial charge in [0.15, 0.2) is 11.4 Å². The fourth-order valence-corrected chi connectivity index (χ4v) is 2.21. The molecule has 152 valence electrons. The van der Waals surface area contributed by atoms with Crippen molar-refractivity contribution in [3.8, 4) is 17.2 Å². The Bertz CT molecular complexity index is 998. The Morgan fingerprint density at radius 3 is 2.41 bits per heavy atom. The Morgan fingerprint density at radius 2 is 1.83 bits per heavy atom. The van der Waals surface area contributed by atoms with Crippen LogP contribution < -0.4 is 14.8 Å². The van der Waals surface area contributed by atoms with Crippen molar-refractivity contribution in [1.82, 2.24) is 0 Å². The number of aliphatic hydroxyl groups excluding tert-OH is 1. The molecule has 3 N–H and O–H groups in total. The van der Waals surface area contributed by atoms with E-state index in [4.69, 9.17) is 9.47 Å².